The molecule has 0 aromatic heterocycles. The molecule has 2 nitrogen and oxygen atoms in total. The van der Waals surface area contributed by atoms with Crippen molar-refractivity contribution in [3.05, 3.63) is 12.3 Å². The van der Waals surface area contributed by atoms with Crippen molar-refractivity contribution in [2.45, 2.75) is 25.6 Å². The largest absolute Gasteiger partial charge is 0.329 e. The molecule has 0 radical (unpaired) electrons. The first-order valence-corrected chi connectivity index (χ1v) is 10.4. The van der Waals surface area contributed by atoms with Crippen molar-refractivity contribution < 1.29 is 9.09 Å². The Labute approximate surface area is 82.8 Å². The molecule has 0 N–H and O–H groups in total. The molecule has 4 heteroatoms. The molecule has 0 amide bonds. The maximum Gasteiger partial charge on any atom is 0.197 e. The molecule has 0 aromatic rings. The van der Waals surface area contributed by atoms with Crippen LogP contribution in [0.4, 0.5) is 0 Å². The summed E-state index contributed by atoms with van der Waals surface area (Å²) in [6.45, 7) is 12.3. The molecule has 0 heterocycles. The number of hydrogen-bond donors (Lipinski definition) is 0. The predicted octanol–water partition coefficient (Wildman–Crippen LogP) is 3.36. The van der Waals surface area contributed by atoms with Gasteiger partial charge in [-0.25, -0.2) is 0 Å². The monoisotopic (exact) mass is 220 g/mol. The summed E-state index contributed by atoms with van der Waals surface area (Å²) in [4.78, 5) is 0. The van der Waals surface area contributed by atoms with E-state index in [0.29, 0.717) is 6.61 Å². The second-order valence-corrected chi connectivity index (χ2v) is 12.0. The average Bonchev–Trinajstić information content (AvgIpc) is 1.97. The van der Waals surface area contributed by atoms with Gasteiger partial charge in [-0.2, -0.15) is 0 Å². The molecule has 0 atom stereocenters. The summed E-state index contributed by atoms with van der Waals surface area (Å²) in [5, 5.41) is 0. The maximum atomic E-state index is 11.2. The zero-order chi connectivity index (χ0) is 10.5. The molecule has 0 rings (SSSR count). The van der Waals surface area contributed by atoms with E-state index in [1.54, 1.807) is 13.3 Å². The Balaban J connectivity index is 3.58. The summed E-state index contributed by atoms with van der Waals surface area (Å²) < 4.78 is 16.4. The Morgan fingerprint density at radius 2 is 2.00 bits per heavy atom. The van der Waals surface area contributed by atoms with Crippen LogP contribution in [0, 0.1) is 0 Å². The fraction of sp³-hybridized carbons (Fsp3) is 0.778. The van der Waals surface area contributed by atoms with Gasteiger partial charge in [0.25, 0.3) is 0 Å². The number of hydrogen-bond acceptors (Lipinski definition) is 2. The van der Waals surface area contributed by atoms with Crippen LogP contribution in [0.1, 0.15) is 6.42 Å². The Morgan fingerprint density at radius 1 is 1.46 bits per heavy atom. The van der Waals surface area contributed by atoms with Crippen LogP contribution in [-0.2, 0) is 9.09 Å². The van der Waals surface area contributed by atoms with E-state index >= 15 is 0 Å². The first kappa shape index (κ1) is 13.1. The molecule has 13 heavy (non-hydrogen) atoms. The van der Waals surface area contributed by atoms with E-state index in [2.05, 4.69) is 25.4 Å². The van der Waals surface area contributed by atoms with Gasteiger partial charge in [0.15, 0.2) is 7.37 Å². The SMILES string of the molecule is C=C[Si](C)(C)CCCOP(C)(C)=O. The van der Waals surface area contributed by atoms with E-state index in [0.717, 1.165) is 12.5 Å². The van der Waals surface area contributed by atoms with Crippen molar-refractivity contribution in [3.63, 3.8) is 0 Å². The highest BCUT2D eigenvalue weighted by molar-refractivity contribution is 7.57. The van der Waals surface area contributed by atoms with Crippen LogP contribution >= 0.6 is 7.37 Å². The molecule has 0 spiro atoms. The van der Waals surface area contributed by atoms with Crippen LogP contribution in [0.5, 0.6) is 0 Å². The van der Waals surface area contributed by atoms with Crippen LogP contribution in [-0.4, -0.2) is 28.0 Å². The lowest BCUT2D eigenvalue weighted by Gasteiger charge is -2.17. The van der Waals surface area contributed by atoms with E-state index in [4.69, 9.17) is 4.52 Å². The van der Waals surface area contributed by atoms with Crippen LogP contribution < -0.4 is 0 Å². The third-order valence-corrected chi connectivity index (χ3v) is 5.47. The highest BCUT2D eigenvalue weighted by Crippen LogP contribution is 2.37. The van der Waals surface area contributed by atoms with Gasteiger partial charge >= 0.3 is 0 Å². The van der Waals surface area contributed by atoms with Crippen molar-refractivity contribution in [3.8, 4) is 0 Å². The van der Waals surface area contributed by atoms with Crippen LogP contribution in [0.25, 0.3) is 0 Å². The predicted molar refractivity (Wildman–Crippen MR) is 62.5 cm³/mol. The highest BCUT2D eigenvalue weighted by atomic mass is 31.2. The number of rotatable bonds is 6. The van der Waals surface area contributed by atoms with Gasteiger partial charge in [0.05, 0.1) is 14.7 Å². The zero-order valence-electron chi connectivity index (χ0n) is 9.17. The van der Waals surface area contributed by atoms with Gasteiger partial charge in [0.2, 0.25) is 0 Å². The Hall–Kier alpha value is 0.147. The highest BCUT2D eigenvalue weighted by Gasteiger charge is 2.15. The van der Waals surface area contributed by atoms with Crippen LogP contribution in [0.2, 0.25) is 19.1 Å². The standard InChI is InChI=1S/C9H21O2PSi/c1-6-13(4,5)9-7-8-11-12(2,3)10/h6H,1,7-9H2,2-5H3. The lowest BCUT2D eigenvalue weighted by Crippen LogP contribution is -2.21. The smallest absolute Gasteiger partial charge is 0.197 e. The molecule has 0 bridgehead atoms. The van der Waals surface area contributed by atoms with E-state index in [9.17, 15) is 4.57 Å². The topological polar surface area (TPSA) is 26.3 Å². The molecule has 0 aromatic carbocycles. The van der Waals surface area contributed by atoms with E-state index < -0.39 is 15.4 Å². The van der Waals surface area contributed by atoms with E-state index in [1.807, 2.05) is 0 Å². The van der Waals surface area contributed by atoms with Gasteiger partial charge in [-0.05, 0) is 6.42 Å². The minimum atomic E-state index is -2.27. The van der Waals surface area contributed by atoms with E-state index in [1.165, 1.54) is 0 Å². The molecule has 0 aliphatic rings. The summed E-state index contributed by atoms with van der Waals surface area (Å²) in [6, 6.07) is 1.16. The lowest BCUT2D eigenvalue weighted by molar-refractivity contribution is 0.320. The summed E-state index contributed by atoms with van der Waals surface area (Å²) in [5.74, 6) is 0. The Morgan fingerprint density at radius 3 is 2.38 bits per heavy atom. The summed E-state index contributed by atoms with van der Waals surface area (Å²) in [5.41, 5.74) is 2.09. The van der Waals surface area contributed by atoms with Gasteiger partial charge in [-0.3, -0.25) is 4.57 Å². The van der Waals surface area contributed by atoms with Gasteiger partial charge < -0.3 is 4.52 Å². The van der Waals surface area contributed by atoms with Crippen molar-refractivity contribution in [2.75, 3.05) is 19.9 Å². The molecular weight excluding hydrogens is 199 g/mol. The minimum absolute atomic E-state index is 0.620. The first-order chi connectivity index (χ1) is 5.77. The van der Waals surface area contributed by atoms with Crippen LogP contribution in [0.15, 0.2) is 12.3 Å². The van der Waals surface area contributed by atoms with Crippen molar-refractivity contribution in [2.24, 2.45) is 0 Å². The zero-order valence-corrected chi connectivity index (χ0v) is 11.1. The minimum Gasteiger partial charge on any atom is -0.329 e. The fourth-order valence-electron chi connectivity index (χ4n) is 0.914. The second-order valence-electron chi connectivity index (χ2n) is 4.38. The van der Waals surface area contributed by atoms with Crippen molar-refractivity contribution >= 4 is 15.4 Å². The first-order valence-electron chi connectivity index (χ1n) is 4.60. The van der Waals surface area contributed by atoms with E-state index in [-0.39, 0.29) is 0 Å². The van der Waals surface area contributed by atoms with Crippen molar-refractivity contribution in [1.82, 2.24) is 0 Å². The third kappa shape index (κ3) is 8.48. The van der Waals surface area contributed by atoms with Crippen LogP contribution in [0.3, 0.4) is 0 Å². The summed E-state index contributed by atoms with van der Waals surface area (Å²) in [7, 11) is -3.45. The Kier molecular flexibility index (Phi) is 5.19. The van der Waals surface area contributed by atoms with Gasteiger partial charge in [0, 0.05) is 13.3 Å². The molecule has 0 aliphatic carbocycles. The fourth-order valence-corrected chi connectivity index (χ4v) is 2.74. The molecule has 78 valence electrons. The normalized spacial score (nSPS) is 12.9. The lowest BCUT2D eigenvalue weighted by atomic mass is 10.5. The molecule has 0 saturated heterocycles. The quantitative estimate of drug-likeness (QED) is 0.390. The second kappa shape index (κ2) is 5.13. The molecule has 0 aliphatic heterocycles. The van der Waals surface area contributed by atoms with Gasteiger partial charge in [0.1, 0.15) is 0 Å². The molecule has 0 unspecified atom stereocenters. The molecule has 0 fully saturated rings. The van der Waals surface area contributed by atoms with Gasteiger partial charge in [-0.15, -0.1) is 12.3 Å². The maximum absolute atomic E-state index is 11.2. The average molecular weight is 220 g/mol. The van der Waals surface area contributed by atoms with Gasteiger partial charge in [-0.1, -0.05) is 19.1 Å². The molecular formula is C9H21O2PSi. The Bertz CT molecular complexity index is 208. The molecule has 0 saturated carbocycles. The summed E-state index contributed by atoms with van der Waals surface area (Å²) >= 11 is 0. The summed E-state index contributed by atoms with van der Waals surface area (Å²) in [6.07, 6.45) is 0.997. The van der Waals surface area contributed by atoms with Crippen molar-refractivity contribution in [1.29, 1.82) is 0 Å². The third-order valence-electron chi connectivity index (χ3n) is 1.92.